The van der Waals surface area contributed by atoms with E-state index in [4.69, 9.17) is 18.9 Å². The minimum Gasteiger partial charge on any atom is -0.462 e. The SMILES string of the molecule is CC[C@H]1C[C@@H](C)C(=O)/C=C/[C@]2(C)O[C@H]2[C@H](C)[C@@H](CC)OC(=O)C[C@@H](O)[C@H](C)[C@H]1OC1OC(C)CC(N(C)C)C1O. The van der Waals surface area contributed by atoms with Gasteiger partial charge in [-0.15, -0.1) is 0 Å². The Balaban J connectivity index is 1.92. The highest BCUT2D eigenvalue weighted by atomic mass is 16.7. The normalized spacial score (nSPS) is 46.5. The van der Waals surface area contributed by atoms with Crippen LogP contribution in [0.4, 0.5) is 0 Å². The van der Waals surface area contributed by atoms with Crippen molar-refractivity contribution in [2.45, 2.75) is 135 Å². The molecule has 0 saturated carbocycles. The molecule has 9 heteroatoms. The van der Waals surface area contributed by atoms with Crippen LogP contribution in [0.3, 0.4) is 0 Å². The molecule has 3 aliphatic rings. The molecular formula is C31H53NO8. The van der Waals surface area contributed by atoms with Crippen LogP contribution < -0.4 is 0 Å². The second kappa shape index (κ2) is 13.7. The number of hydrogen-bond donors (Lipinski definition) is 2. The van der Waals surface area contributed by atoms with Gasteiger partial charge in [0.2, 0.25) is 0 Å². The van der Waals surface area contributed by atoms with E-state index in [0.717, 1.165) is 0 Å². The summed E-state index contributed by atoms with van der Waals surface area (Å²) in [7, 11) is 3.84. The minimum atomic E-state index is -1.04. The van der Waals surface area contributed by atoms with Crippen LogP contribution in [-0.2, 0) is 28.5 Å². The predicted octanol–water partition coefficient (Wildman–Crippen LogP) is 3.49. The molecule has 3 rings (SSSR count). The Bertz CT molecular complexity index is 895. The zero-order chi connectivity index (χ0) is 29.9. The zero-order valence-corrected chi connectivity index (χ0v) is 25.9. The van der Waals surface area contributed by atoms with E-state index in [2.05, 4.69) is 0 Å². The molecule has 0 spiro atoms. The van der Waals surface area contributed by atoms with Crippen LogP contribution in [0.5, 0.6) is 0 Å². The average Bonchev–Trinajstić information content (AvgIpc) is 3.58. The number of fused-ring (bicyclic) bond motifs is 1. The number of allylic oxidation sites excluding steroid dienone is 1. The van der Waals surface area contributed by atoms with E-state index in [1.54, 1.807) is 6.08 Å². The van der Waals surface area contributed by atoms with Crippen LogP contribution in [0.25, 0.3) is 0 Å². The Morgan fingerprint density at radius 2 is 1.73 bits per heavy atom. The highest BCUT2D eigenvalue weighted by Gasteiger charge is 2.55. The smallest absolute Gasteiger partial charge is 0.308 e. The minimum absolute atomic E-state index is 0.00865. The van der Waals surface area contributed by atoms with Crippen molar-refractivity contribution in [1.82, 2.24) is 4.90 Å². The van der Waals surface area contributed by atoms with Crippen LogP contribution in [0.1, 0.15) is 80.6 Å². The van der Waals surface area contributed by atoms with Gasteiger partial charge in [-0.05, 0) is 65.3 Å². The number of ketones is 1. The number of cyclic esters (lactones) is 1. The molecule has 9 nitrogen and oxygen atoms in total. The van der Waals surface area contributed by atoms with Crippen molar-refractivity contribution in [1.29, 1.82) is 0 Å². The van der Waals surface area contributed by atoms with Crippen LogP contribution >= 0.6 is 0 Å². The maximum absolute atomic E-state index is 13.2. The van der Waals surface area contributed by atoms with E-state index in [-0.39, 0.29) is 54.3 Å². The Morgan fingerprint density at radius 3 is 2.33 bits per heavy atom. The lowest BCUT2D eigenvalue weighted by atomic mass is 9.79. The molecule has 13 atom stereocenters. The van der Waals surface area contributed by atoms with E-state index < -0.39 is 42.1 Å². The van der Waals surface area contributed by atoms with Gasteiger partial charge in [-0.1, -0.05) is 41.0 Å². The molecule has 0 aromatic carbocycles. The molecule has 4 unspecified atom stereocenters. The first-order valence-electron chi connectivity index (χ1n) is 15.2. The number of carbonyl (C=O) groups is 2. The molecule has 0 aromatic rings. The van der Waals surface area contributed by atoms with Crippen LogP contribution in [0.2, 0.25) is 0 Å². The Labute approximate surface area is 240 Å². The molecule has 2 saturated heterocycles. The molecule has 0 amide bonds. The van der Waals surface area contributed by atoms with Crippen LogP contribution in [0, 0.1) is 23.7 Å². The van der Waals surface area contributed by atoms with Gasteiger partial charge in [-0.25, -0.2) is 0 Å². The van der Waals surface area contributed by atoms with Gasteiger partial charge >= 0.3 is 5.97 Å². The molecule has 0 aromatic heterocycles. The summed E-state index contributed by atoms with van der Waals surface area (Å²) >= 11 is 0. The van der Waals surface area contributed by atoms with E-state index in [9.17, 15) is 19.8 Å². The number of nitrogens with zero attached hydrogens (tertiary/aromatic N) is 1. The van der Waals surface area contributed by atoms with Crippen LogP contribution in [-0.4, -0.2) is 95.5 Å². The standard InChI is InChI=1S/C31H53NO8/c1-10-21-14-17(3)23(33)12-13-31(7)29(40-31)20(6)25(11-2)38-26(35)16-24(34)19(5)28(21)39-30-27(36)22(32(8)9)15-18(4)37-30/h12-13,17-22,24-25,27-30,34,36H,10-11,14-16H2,1-9H3/b13-12+/t17-,18?,19+,20-,21+,22?,24-,25-,27?,28-,29+,30?,31+/m1/s1. The summed E-state index contributed by atoms with van der Waals surface area (Å²) in [6.45, 7) is 13.6. The number of aliphatic hydroxyl groups excluding tert-OH is 2. The van der Waals surface area contributed by atoms with Gasteiger partial charge in [-0.2, -0.15) is 0 Å². The summed E-state index contributed by atoms with van der Waals surface area (Å²) in [5.41, 5.74) is -0.580. The number of rotatable bonds is 5. The first-order valence-corrected chi connectivity index (χ1v) is 15.2. The summed E-state index contributed by atoms with van der Waals surface area (Å²) < 4.78 is 24.4. The summed E-state index contributed by atoms with van der Waals surface area (Å²) in [6.07, 6.45) is 1.71. The van der Waals surface area contributed by atoms with Crippen molar-refractivity contribution in [2.24, 2.45) is 23.7 Å². The number of hydrogen-bond acceptors (Lipinski definition) is 9. The first kappa shape index (κ1) is 33.1. The third-order valence-corrected chi connectivity index (χ3v) is 9.42. The van der Waals surface area contributed by atoms with Gasteiger partial charge in [0.25, 0.3) is 0 Å². The molecule has 230 valence electrons. The van der Waals surface area contributed by atoms with E-state index in [1.807, 2.05) is 73.5 Å². The molecule has 0 aliphatic carbocycles. The third kappa shape index (κ3) is 7.72. The van der Waals surface area contributed by atoms with Gasteiger partial charge in [0.15, 0.2) is 12.1 Å². The number of ether oxygens (including phenoxy) is 4. The number of carbonyl (C=O) groups excluding carboxylic acids is 2. The Hall–Kier alpha value is -1.36. The van der Waals surface area contributed by atoms with Crippen molar-refractivity contribution in [3.8, 4) is 0 Å². The molecule has 40 heavy (non-hydrogen) atoms. The average molecular weight is 568 g/mol. The second-order valence-electron chi connectivity index (χ2n) is 12.9. The quantitative estimate of drug-likeness (QED) is 0.380. The maximum atomic E-state index is 13.2. The van der Waals surface area contributed by atoms with Crippen molar-refractivity contribution in [3.63, 3.8) is 0 Å². The summed E-state index contributed by atoms with van der Waals surface area (Å²) in [5, 5.41) is 22.4. The topological polar surface area (TPSA) is 118 Å². The lowest BCUT2D eigenvalue weighted by molar-refractivity contribution is -0.283. The van der Waals surface area contributed by atoms with Gasteiger partial charge in [0, 0.05) is 23.8 Å². The molecule has 3 aliphatic heterocycles. The molecule has 0 radical (unpaired) electrons. The van der Waals surface area contributed by atoms with Gasteiger partial charge in [-0.3, -0.25) is 9.59 Å². The fourth-order valence-electron chi connectivity index (χ4n) is 6.54. The fourth-order valence-corrected chi connectivity index (χ4v) is 6.54. The Kier molecular flexibility index (Phi) is 11.4. The summed E-state index contributed by atoms with van der Waals surface area (Å²) in [6, 6.07) is -0.149. The van der Waals surface area contributed by atoms with Crippen molar-refractivity contribution in [2.75, 3.05) is 14.1 Å². The lowest BCUT2D eigenvalue weighted by Gasteiger charge is -2.44. The number of esters is 1. The number of aliphatic hydroxyl groups is 2. The lowest BCUT2D eigenvalue weighted by Crippen LogP contribution is -2.56. The largest absolute Gasteiger partial charge is 0.462 e. The van der Waals surface area contributed by atoms with E-state index >= 15 is 0 Å². The van der Waals surface area contributed by atoms with Crippen molar-refractivity contribution < 1.29 is 38.7 Å². The zero-order valence-electron chi connectivity index (χ0n) is 25.9. The third-order valence-electron chi connectivity index (χ3n) is 9.42. The highest BCUT2D eigenvalue weighted by Crippen LogP contribution is 2.45. The monoisotopic (exact) mass is 567 g/mol. The van der Waals surface area contributed by atoms with Gasteiger partial charge in [0.05, 0.1) is 30.8 Å². The van der Waals surface area contributed by atoms with Gasteiger partial charge in [0.1, 0.15) is 17.8 Å². The summed E-state index contributed by atoms with van der Waals surface area (Å²) in [5.74, 6) is -1.43. The second-order valence-corrected chi connectivity index (χ2v) is 12.9. The van der Waals surface area contributed by atoms with Crippen LogP contribution in [0.15, 0.2) is 12.2 Å². The number of epoxide rings is 1. The highest BCUT2D eigenvalue weighted by molar-refractivity contribution is 5.91. The predicted molar refractivity (Wildman–Crippen MR) is 151 cm³/mol. The molecule has 2 fully saturated rings. The van der Waals surface area contributed by atoms with E-state index in [0.29, 0.717) is 25.7 Å². The van der Waals surface area contributed by atoms with Crippen molar-refractivity contribution in [3.05, 3.63) is 12.2 Å². The fraction of sp³-hybridized carbons (Fsp3) is 0.871. The Morgan fingerprint density at radius 1 is 1.05 bits per heavy atom. The molecule has 2 N–H and O–H groups in total. The van der Waals surface area contributed by atoms with E-state index in [1.165, 1.54) is 0 Å². The first-order chi connectivity index (χ1) is 18.7. The molecular weight excluding hydrogens is 514 g/mol. The number of likely N-dealkylation sites (N-methyl/N-ethyl adjacent to an activating group) is 1. The molecule has 3 heterocycles. The van der Waals surface area contributed by atoms with Crippen molar-refractivity contribution >= 4 is 11.8 Å². The van der Waals surface area contributed by atoms with Gasteiger partial charge < -0.3 is 34.1 Å². The maximum Gasteiger partial charge on any atom is 0.308 e. The summed E-state index contributed by atoms with van der Waals surface area (Å²) in [4.78, 5) is 28.2. The molecule has 0 bridgehead atoms.